The molecule has 6 rings (SSSR count). The molecular formula is C27H16ClN5O2. The molecule has 0 aliphatic carbocycles. The Kier molecular flexibility index (Phi) is 4.97. The summed E-state index contributed by atoms with van der Waals surface area (Å²) in [6.07, 6.45) is 6.50. The van der Waals surface area contributed by atoms with Crippen LogP contribution in [0.25, 0.3) is 49.6 Å². The molecule has 0 saturated heterocycles. The summed E-state index contributed by atoms with van der Waals surface area (Å²) < 4.78 is 1.13. The zero-order valence-electron chi connectivity index (χ0n) is 18.1. The Hall–Kier alpha value is -4.62. The number of aromatic amines is 1. The van der Waals surface area contributed by atoms with Gasteiger partial charge in [0.2, 0.25) is 0 Å². The molecule has 0 radical (unpaired) electrons. The first-order valence-electron chi connectivity index (χ1n) is 10.8. The van der Waals surface area contributed by atoms with Crippen molar-refractivity contribution >= 4 is 33.3 Å². The van der Waals surface area contributed by atoms with E-state index in [2.05, 4.69) is 20.2 Å². The summed E-state index contributed by atoms with van der Waals surface area (Å²) in [4.78, 5) is 33.7. The number of hydrogen-bond acceptors (Lipinski definition) is 5. The SMILES string of the molecule is O=c1[nH]c2cc(-c3c(Cl)cccc3-c3ccnnc3)ccc2c(=O)n1-c1cncc2ccccc12. The Bertz CT molecular complexity index is 1860. The summed E-state index contributed by atoms with van der Waals surface area (Å²) in [7, 11) is 0. The number of aromatic nitrogens is 5. The van der Waals surface area contributed by atoms with Gasteiger partial charge in [0.15, 0.2) is 0 Å². The molecule has 0 aliphatic heterocycles. The van der Waals surface area contributed by atoms with Crippen LogP contribution in [-0.2, 0) is 0 Å². The number of rotatable bonds is 3. The molecule has 3 aromatic heterocycles. The Morgan fingerprint density at radius 1 is 0.800 bits per heavy atom. The summed E-state index contributed by atoms with van der Waals surface area (Å²) in [5, 5.41) is 10.3. The third-order valence-electron chi connectivity index (χ3n) is 5.98. The lowest BCUT2D eigenvalue weighted by atomic mass is 9.95. The third kappa shape index (κ3) is 3.50. The van der Waals surface area contributed by atoms with Gasteiger partial charge in [-0.05, 0) is 35.4 Å². The molecule has 0 fully saturated rings. The van der Waals surface area contributed by atoms with Crippen molar-refractivity contribution in [3.63, 3.8) is 0 Å². The van der Waals surface area contributed by atoms with Gasteiger partial charge >= 0.3 is 5.69 Å². The fourth-order valence-corrected chi connectivity index (χ4v) is 4.66. The van der Waals surface area contributed by atoms with Crippen molar-refractivity contribution in [3.05, 3.63) is 117 Å². The van der Waals surface area contributed by atoms with Gasteiger partial charge in [-0.3, -0.25) is 9.78 Å². The van der Waals surface area contributed by atoms with Crippen molar-refractivity contribution in [3.8, 4) is 27.9 Å². The molecule has 0 unspecified atom stereocenters. The molecule has 0 spiro atoms. The average molecular weight is 478 g/mol. The smallest absolute Gasteiger partial charge is 0.306 e. The highest BCUT2D eigenvalue weighted by atomic mass is 35.5. The fraction of sp³-hybridized carbons (Fsp3) is 0. The summed E-state index contributed by atoms with van der Waals surface area (Å²) in [6.45, 7) is 0. The van der Waals surface area contributed by atoms with Crippen molar-refractivity contribution in [2.24, 2.45) is 0 Å². The average Bonchev–Trinajstić information content (AvgIpc) is 2.89. The lowest BCUT2D eigenvalue weighted by Gasteiger charge is -2.13. The molecular weight excluding hydrogens is 462 g/mol. The summed E-state index contributed by atoms with van der Waals surface area (Å²) in [5.41, 5.74) is 3.12. The topological polar surface area (TPSA) is 93.5 Å². The number of benzene rings is 3. The maximum absolute atomic E-state index is 13.5. The van der Waals surface area contributed by atoms with E-state index in [-0.39, 0.29) is 0 Å². The lowest BCUT2D eigenvalue weighted by molar-refractivity contribution is 0.902. The maximum atomic E-state index is 13.5. The van der Waals surface area contributed by atoms with Crippen LogP contribution in [0.5, 0.6) is 0 Å². The minimum Gasteiger partial charge on any atom is -0.306 e. The second-order valence-corrected chi connectivity index (χ2v) is 8.41. The van der Waals surface area contributed by atoms with Crippen molar-refractivity contribution in [1.82, 2.24) is 24.7 Å². The molecule has 0 amide bonds. The molecule has 0 bridgehead atoms. The Morgan fingerprint density at radius 2 is 1.69 bits per heavy atom. The summed E-state index contributed by atoms with van der Waals surface area (Å²) >= 11 is 6.61. The second kappa shape index (κ2) is 8.30. The van der Waals surface area contributed by atoms with E-state index in [9.17, 15) is 9.59 Å². The van der Waals surface area contributed by atoms with Crippen molar-refractivity contribution in [2.45, 2.75) is 0 Å². The number of nitrogens with one attached hydrogen (secondary N) is 1. The molecule has 0 saturated carbocycles. The normalized spacial score (nSPS) is 11.2. The molecule has 168 valence electrons. The zero-order chi connectivity index (χ0) is 23.9. The molecule has 3 aromatic carbocycles. The number of halogens is 1. The van der Waals surface area contributed by atoms with Crippen LogP contribution in [-0.4, -0.2) is 24.7 Å². The number of nitrogens with zero attached hydrogens (tertiary/aromatic N) is 4. The van der Waals surface area contributed by atoms with Gasteiger partial charge in [0.25, 0.3) is 5.56 Å². The van der Waals surface area contributed by atoms with Crippen LogP contribution in [0.15, 0.2) is 101 Å². The lowest BCUT2D eigenvalue weighted by Crippen LogP contribution is -2.33. The van der Waals surface area contributed by atoms with Crippen LogP contribution in [0.2, 0.25) is 5.02 Å². The van der Waals surface area contributed by atoms with Crippen LogP contribution < -0.4 is 11.2 Å². The standard InChI is InChI=1S/C27H16ClN5O2/c28-22-7-3-6-20(18-10-11-30-31-14-18)25(22)16-8-9-21-23(12-16)32-27(35)33(26(21)34)24-15-29-13-17-4-1-2-5-19(17)24/h1-15H,(H,32,35). The maximum Gasteiger partial charge on any atom is 0.333 e. The summed E-state index contributed by atoms with van der Waals surface area (Å²) in [6, 6.07) is 20.2. The summed E-state index contributed by atoms with van der Waals surface area (Å²) in [5.74, 6) is 0. The van der Waals surface area contributed by atoms with E-state index in [4.69, 9.17) is 11.6 Å². The number of H-pyrrole nitrogens is 1. The van der Waals surface area contributed by atoms with Crippen LogP contribution in [0.4, 0.5) is 0 Å². The molecule has 8 heteroatoms. The number of pyridine rings is 1. The zero-order valence-corrected chi connectivity index (χ0v) is 18.9. The first-order chi connectivity index (χ1) is 17.1. The van der Waals surface area contributed by atoms with E-state index < -0.39 is 11.2 Å². The first kappa shape index (κ1) is 20.9. The third-order valence-corrected chi connectivity index (χ3v) is 6.30. The fourth-order valence-electron chi connectivity index (χ4n) is 4.38. The number of hydrogen-bond donors (Lipinski definition) is 1. The van der Waals surface area contributed by atoms with E-state index in [1.807, 2.05) is 48.5 Å². The Morgan fingerprint density at radius 3 is 2.54 bits per heavy atom. The molecule has 7 nitrogen and oxygen atoms in total. The van der Waals surface area contributed by atoms with Gasteiger partial charge in [-0.25, -0.2) is 9.36 Å². The van der Waals surface area contributed by atoms with Gasteiger partial charge in [0.1, 0.15) is 0 Å². The minimum atomic E-state index is -0.546. The second-order valence-electron chi connectivity index (χ2n) is 8.00. The predicted octanol–water partition coefficient (Wildman–Crippen LogP) is 5.00. The molecule has 6 aromatic rings. The van der Waals surface area contributed by atoms with E-state index >= 15 is 0 Å². The van der Waals surface area contributed by atoms with Crippen LogP contribution >= 0.6 is 11.6 Å². The van der Waals surface area contributed by atoms with Crippen molar-refractivity contribution < 1.29 is 0 Å². The van der Waals surface area contributed by atoms with Crippen LogP contribution in [0.1, 0.15) is 0 Å². The molecule has 35 heavy (non-hydrogen) atoms. The van der Waals surface area contributed by atoms with Gasteiger partial charge in [0, 0.05) is 33.1 Å². The first-order valence-corrected chi connectivity index (χ1v) is 11.2. The van der Waals surface area contributed by atoms with Crippen LogP contribution in [0, 0.1) is 0 Å². The molecule has 0 atom stereocenters. The van der Waals surface area contributed by atoms with Crippen molar-refractivity contribution in [1.29, 1.82) is 0 Å². The highest BCUT2D eigenvalue weighted by Gasteiger charge is 2.16. The van der Waals surface area contributed by atoms with E-state index in [0.29, 0.717) is 21.6 Å². The van der Waals surface area contributed by atoms with Crippen molar-refractivity contribution in [2.75, 3.05) is 0 Å². The van der Waals surface area contributed by atoms with Crippen LogP contribution in [0.3, 0.4) is 0 Å². The van der Waals surface area contributed by atoms with E-state index in [1.165, 1.54) is 6.20 Å². The van der Waals surface area contributed by atoms with Gasteiger partial charge in [-0.2, -0.15) is 10.2 Å². The Balaban J connectivity index is 1.57. The highest BCUT2D eigenvalue weighted by molar-refractivity contribution is 6.34. The molecule has 3 heterocycles. The Labute approximate surface area is 203 Å². The van der Waals surface area contributed by atoms with E-state index in [0.717, 1.165) is 37.6 Å². The van der Waals surface area contributed by atoms with Gasteiger partial charge in [-0.15, -0.1) is 0 Å². The van der Waals surface area contributed by atoms with Gasteiger partial charge < -0.3 is 4.98 Å². The minimum absolute atomic E-state index is 0.375. The number of fused-ring (bicyclic) bond motifs is 2. The molecule has 0 aliphatic rings. The highest BCUT2D eigenvalue weighted by Crippen LogP contribution is 2.37. The van der Waals surface area contributed by atoms with Gasteiger partial charge in [0.05, 0.1) is 35.2 Å². The van der Waals surface area contributed by atoms with Gasteiger partial charge in [-0.1, -0.05) is 54.1 Å². The monoisotopic (exact) mass is 477 g/mol. The largest absolute Gasteiger partial charge is 0.333 e. The van der Waals surface area contributed by atoms with E-state index in [1.54, 1.807) is 36.8 Å². The molecule has 1 N–H and O–H groups in total. The quantitative estimate of drug-likeness (QED) is 0.387. The predicted molar refractivity (Wildman–Crippen MR) is 137 cm³/mol.